The number of nitrogens with zero attached hydrogens (tertiary/aromatic N) is 2. The number of rotatable bonds is 4. The third-order valence-corrected chi connectivity index (χ3v) is 5.42. The molecule has 1 aromatic rings. The minimum absolute atomic E-state index is 0.713. The molecule has 1 fully saturated rings. The van der Waals surface area contributed by atoms with E-state index in [1.54, 1.807) is 0 Å². The third kappa shape index (κ3) is 3.73. The molecule has 1 atom stereocenters. The number of piperazine rings is 1. The largest absolute Gasteiger partial charge is 0.369 e. The summed E-state index contributed by atoms with van der Waals surface area (Å²) in [5.41, 5.74) is 2.64. The summed E-state index contributed by atoms with van der Waals surface area (Å²) in [5.74, 6) is 0. The minimum atomic E-state index is 0.713. The van der Waals surface area contributed by atoms with Crippen LogP contribution < -0.4 is 4.90 Å². The van der Waals surface area contributed by atoms with Crippen molar-refractivity contribution in [2.45, 2.75) is 31.6 Å². The summed E-state index contributed by atoms with van der Waals surface area (Å²) in [7, 11) is 0. The monoisotopic (exact) mass is 388 g/mol. The molecule has 19 heavy (non-hydrogen) atoms. The van der Waals surface area contributed by atoms with E-state index in [2.05, 4.69) is 73.7 Å². The van der Waals surface area contributed by atoms with Crippen LogP contribution in [-0.4, -0.2) is 37.1 Å². The topological polar surface area (TPSA) is 6.48 Å². The third-order valence-electron chi connectivity index (χ3n) is 4.07. The van der Waals surface area contributed by atoms with Gasteiger partial charge in [0.25, 0.3) is 0 Å². The normalized spacial score (nSPS) is 18.6. The SMILES string of the molecule is CCC(C)N1CCN(c2ccc(CBr)c(Br)c2)CC1. The van der Waals surface area contributed by atoms with Crippen LogP contribution in [-0.2, 0) is 5.33 Å². The van der Waals surface area contributed by atoms with Crippen LogP contribution in [0.1, 0.15) is 25.8 Å². The van der Waals surface area contributed by atoms with Crippen LogP contribution in [0.2, 0.25) is 0 Å². The zero-order valence-electron chi connectivity index (χ0n) is 11.7. The summed E-state index contributed by atoms with van der Waals surface area (Å²) in [5, 5.41) is 0.898. The molecule has 2 nitrogen and oxygen atoms in total. The van der Waals surface area contributed by atoms with Crippen molar-refractivity contribution in [3.05, 3.63) is 28.2 Å². The fourth-order valence-corrected chi connectivity index (χ4v) is 3.89. The molecule has 1 aliphatic rings. The first-order chi connectivity index (χ1) is 9.15. The standard InChI is InChI=1S/C15H22Br2N2/c1-3-12(2)18-6-8-19(9-7-18)14-5-4-13(11-16)15(17)10-14/h4-5,10,12H,3,6-9,11H2,1-2H3. The summed E-state index contributed by atoms with van der Waals surface area (Å²) >= 11 is 7.16. The Bertz CT molecular complexity index is 415. The summed E-state index contributed by atoms with van der Waals surface area (Å²) in [6.07, 6.45) is 1.24. The Hall–Kier alpha value is -0.0600. The van der Waals surface area contributed by atoms with Crippen molar-refractivity contribution in [1.29, 1.82) is 0 Å². The average molecular weight is 390 g/mol. The molecular weight excluding hydrogens is 368 g/mol. The molecule has 0 aliphatic carbocycles. The summed E-state index contributed by atoms with van der Waals surface area (Å²) in [4.78, 5) is 5.08. The highest BCUT2D eigenvalue weighted by Gasteiger charge is 2.20. The van der Waals surface area contributed by atoms with Crippen LogP contribution in [0.25, 0.3) is 0 Å². The van der Waals surface area contributed by atoms with E-state index in [0.29, 0.717) is 6.04 Å². The number of hydrogen-bond acceptors (Lipinski definition) is 2. The molecule has 1 heterocycles. The lowest BCUT2D eigenvalue weighted by atomic mass is 10.1. The Kier molecular flexibility index (Phi) is 5.72. The molecule has 1 unspecified atom stereocenters. The molecule has 0 N–H and O–H groups in total. The maximum atomic E-state index is 3.65. The van der Waals surface area contributed by atoms with E-state index in [1.165, 1.54) is 35.2 Å². The fourth-order valence-electron chi connectivity index (χ4n) is 2.52. The van der Waals surface area contributed by atoms with Crippen molar-refractivity contribution in [3.8, 4) is 0 Å². The van der Waals surface area contributed by atoms with Crippen molar-refractivity contribution < 1.29 is 0 Å². The second-order valence-electron chi connectivity index (χ2n) is 5.19. The second-order valence-corrected chi connectivity index (χ2v) is 6.60. The highest BCUT2D eigenvalue weighted by molar-refractivity contribution is 9.10. The van der Waals surface area contributed by atoms with E-state index in [4.69, 9.17) is 0 Å². The Morgan fingerprint density at radius 2 is 1.89 bits per heavy atom. The van der Waals surface area contributed by atoms with Crippen LogP contribution in [0.15, 0.2) is 22.7 Å². The van der Waals surface area contributed by atoms with Gasteiger partial charge < -0.3 is 4.90 Å². The van der Waals surface area contributed by atoms with Gasteiger partial charge in [-0.2, -0.15) is 0 Å². The number of alkyl halides is 1. The fraction of sp³-hybridized carbons (Fsp3) is 0.600. The van der Waals surface area contributed by atoms with E-state index in [1.807, 2.05) is 0 Å². The van der Waals surface area contributed by atoms with Crippen LogP contribution in [0, 0.1) is 0 Å². The van der Waals surface area contributed by atoms with Gasteiger partial charge in [0.15, 0.2) is 0 Å². The highest BCUT2D eigenvalue weighted by atomic mass is 79.9. The number of benzene rings is 1. The lowest BCUT2D eigenvalue weighted by Gasteiger charge is -2.39. The number of hydrogen-bond donors (Lipinski definition) is 0. The molecule has 106 valence electrons. The predicted octanol–water partition coefficient (Wildman–Crippen LogP) is 4.26. The molecule has 1 aromatic carbocycles. The molecule has 0 saturated carbocycles. The molecule has 0 bridgehead atoms. The molecule has 1 aliphatic heterocycles. The van der Waals surface area contributed by atoms with Gasteiger partial charge in [-0.3, -0.25) is 4.90 Å². The van der Waals surface area contributed by atoms with Gasteiger partial charge in [0, 0.05) is 47.7 Å². The van der Waals surface area contributed by atoms with Gasteiger partial charge in [0.2, 0.25) is 0 Å². The van der Waals surface area contributed by atoms with Gasteiger partial charge in [0.1, 0.15) is 0 Å². The lowest BCUT2D eigenvalue weighted by molar-refractivity contribution is 0.193. The smallest absolute Gasteiger partial charge is 0.0378 e. The molecular formula is C15H22Br2N2. The van der Waals surface area contributed by atoms with Crippen LogP contribution in [0.5, 0.6) is 0 Å². The first-order valence-electron chi connectivity index (χ1n) is 6.99. The Morgan fingerprint density at radius 3 is 2.42 bits per heavy atom. The van der Waals surface area contributed by atoms with Gasteiger partial charge in [-0.1, -0.05) is 44.8 Å². The maximum absolute atomic E-state index is 3.65. The number of halogens is 2. The molecule has 0 amide bonds. The highest BCUT2D eigenvalue weighted by Crippen LogP contribution is 2.26. The van der Waals surface area contributed by atoms with E-state index in [-0.39, 0.29) is 0 Å². The van der Waals surface area contributed by atoms with Gasteiger partial charge in [-0.25, -0.2) is 0 Å². The Balaban J connectivity index is 1.99. The Labute approximate surface area is 133 Å². The van der Waals surface area contributed by atoms with Crippen molar-refractivity contribution in [2.75, 3.05) is 31.1 Å². The van der Waals surface area contributed by atoms with Gasteiger partial charge in [0.05, 0.1) is 0 Å². The maximum Gasteiger partial charge on any atom is 0.0378 e. The van der Waals surface area contributed by atoms with E-state index < -0.39 is 0 Å². The molecule has 1 saturated heterocycles. The number of anilines is 1. The van der Waals surface area contributed by atoms with Gasteiger partial charge >= 0.3 is 0 Å². The molecule has 0 radical (unpaired) electrons. The lowest BCUT2D eigenvalue weighted by Crippen LogP contribution is -2.49. The molecule has 4 heteroatoms. The Morgan fingerprint density at radius 1 is 1.21 bits per heavy atom. The summed E-state index contributed by atoms with van der Waals surface area (Å²) in [6.45, 7) is 9.21. The van der Waals surface area contributed by atoms with E-state index in [0.717, 1.165) is 18.4 Å². The average Bonchev–Trinajstić information content (AvgIpc) is 2.46. The second kappa shape index (κ2) is 7.09. The first-order valence-corrected chi connectivity index (χ1v) is 8.90. The van der Waals surface area contributed by atoms with Gasteiger partial charge in [-0.15, -0.1) is 0 Å². The van der Waals surface area contributed by atoms with Crippen LogP contribution in [0.4, 0.5) is 5.69 Å². The summed E-state index contributed by atoms with van der Waals surface area (Å²) in [6, 6.07) is 7.40. The van der Waals surface area contributed by atoms with Crippen molar-refractivity contribution >= 4 is 37.5 Å². The van der Waals surface area contributed by atoms with Crippen LogP contribution in [0.3, 0.4) is 0 Å². The summed E-state index contributed by atoms with van der Waals surface area (Å²) < 4.78 is 1.20. The zero-order valence-corrected chi connectivity index (χ0v) is 14.9. The van der Waals surface area contributed by atoms with Gasteiger partial charge in [-0.05, 0) is 31.0 Å². The van der Waals surface area contributed by atoms with E-state index >= 15 is 0 Å². The van der Waals surface area contributed by atoms with Crippen molar-refractivity contribution in [3.63, 3.8) is 0 Å². The molecule has 2 rings (SSSR count). The van der Waals surface area contributed by atoms with Crippen LogP contribution >= 0.6 is 31.9 Å². The van der Waals surface area contributed by atoms with Crippen molar-refractivity contribution in [2.24, 2.45) is 0 Å². The van der Waals surface area contributed by atoms with Crippen molar-refractivity contribution in [1.82, 2.24) is 4.90 Å². The molecule has 0 spiro atoms. The van der Waals surface area contributed by atoms with E-state index in [9.17, 15) is 0 Å². The molecule has 0 aromatic heterocycles. The zero-order chi connectivity index (χ0) is 13.8. The quantitative estimate of drug-likeness (QED) is 0.709. The first kappa shape index (κ1) is 15.3. The predicted molar refractivity (Wildman–Crippen MR) is 90.3 cm³/mol. The minimum Gasteiger partial charge on any atom is -0.369 e.